The quantitative estimate of drug-likeness (QED) is 0.841. The third-order valence-corrected chi connectivity index (χ3v) is 5.71. The molecule has 5 nitrogen and oxygen atoms in total. The van der Waals surface area contributed by atoms with Crippen LogP contribution in [-0.2, 0) is 21.2 Å². The summed E-state index contributed by atoms with van der Waals surface area (Å²) >= 11 is 1.01. The van der Waals surface area contributed by atoms with E-state index in [-0.39, 0.29) is 16.7 Å². The van der Waals surface area contributed by atoms with Crippen LogP contribution in [0.3, 0.4) is 0 Å². The van der Waals surface area contributed by atoms with Crippen molar-refractivity contribution in [1.29, 1.82) is 0 Å². The number of nitrogens with one attached hydrogen (secondary N) is 1. The number of sulfonamides is 1. The lowest BCUT2D eigenvalue weighted by atomic mass is 10.3. The number of carboxylic acids is 1. The average molecular weight is 275 g/mol. The van der Waals surface area contributed by atoms with Gasteiger partial charge in [0.05, 0.1) is 6.42 Å². The number of aliphatic carboxylic acids is 1. The second-order valence-corrected chi connectivity index (χ2v) is 7.34. The highest BCUT2D eigenvalue weighted by molar-refractivity contribution is 7.91. The van der Waals surface area contributed by atoms with Crippen LogP contribution in [0, 0.1) is 5.92 Å². The summed E-state index contributed by atoms with van der Waals surface area (Å²) in [5, 5.41) is 8.61. The minimum absolute atomic E-state index is 0.0324. The van der Waals surface area contributed by atoms with E-state index < -0.39 is 16.0 Å². The zero-order valence-electron chi connectivity index (χ0n) is 9.21. The summed E-state index contributed by atoms with van der Waals surface area (Å²) in [6.07, 6.45) is 0.729. The van der Waals surface area contributed by atoms with E-state index in [4.69, 9.17) is 5.11 Å². The van der Waals surface area contributed by atoms with E-state index in [1.807, 2.05) is 6.92 Å². The Hall–Kier alpha value is -0.920. The summed E-state index contributed by atoms with van der Waals surface area (Å²) in [6, 6.07) is 3.03. The normalized spacial score (nSPS) is 23.6. The maximum Gasteiger partial charge on any atom is 0.308 e. The molecule has 94 valence electrons. The van der Waals surface area contributed by atoms with Crippen LogP contribution in [0.2, 0.25) is 0 Å². The molecular weight excluding hydrogens is 262 g/mol. The molecule has 0 spiro atoms. The van der Waals surface area contributed by atoms with Crippen LogP contribution >= 0.6 is 11.3 Å². The van der Waals surface area contributed by atoms with Crippen molar-refractivity contribution in [3.8, 4) is 0 Å². The molecule has 2 unspecified atom stereocenters. The molecule has 2 N–H and O–H groups in total. The SMILES string of the molecule is CC1CC1NS(=O)(=O)c1ccc(CC(=O)O)s1. The van der Waals surface area contributed by atoms with Crippen LogP contribution in [0.5, 0.6) is 0 Å². The molecule has 2 atom stereocenters. The predicted octanol–water partition coefficient (Wildman–Crippen LogP) is 1.06. The predicted molar refractivity (Wildman–Crippen MR) is 63.5 cm³/mol. The lowest BCUT2D eigenvalue weighted by Crippen LogP contribution is -2.26. The second kappa shape index (κ2) is 4.40. The van der Waals surface area contributed by atoms with Gasteiger partial charge in [0.1, 0.15) is 4.21 Å². The van der Waals surface area contributed by atoms with E-state index in [0.29, 0.717) is 10.8 Å². The summed E-state index contributed by atoms with van der Waals surface area (Å²) in [5.41, 5.74) is 0. The summed E-state index contributed by atoms with van der Waals surface area (Å²) in [6.45, 7) is 1.98. The largest absolute Gasteiger partial charge is 0.481 e. The molecule has 7 heteroatoms. The summed E-state index contributed by atoms with van der Waals surface area (Å²) < 4.78 is 26.5. The van der Waals surface area contributed by atoms with E-state index in [2.05, 4.69) is 4.72 Å². The maximum atomic E-state index is 11.9. The average Bonchev–Trinajstić information content (AvgIpc) is 2.71. The van der Waals surface area contributed by atoms with Crippen molar-refractivity contribution in [1.82, 2.24) is 4.72 Å². The zero-order chi connectivity index (χ0) is 12.6. The summed E-state index contributed by atoms with van der Waals surface area (Å²) in [4.78, 5) is 11.0. The minimum Gasteiger partial charge on any atom is -0.481 e. The molecule has 1 aliphatic rings. The fraction of sp³-hybridized carbons (Fsp3) is 0.500. The van der Waals surface area contributed by atoms with Crippen molar-refractivity contribution in [3.63, 3.8) is 0 Å². The van der Waals surface area contributed by atoms with E-state index in [0.717, 1.165) is 17.8 Å². The Balaban J connectivity index is 2.10. The van der Waals surface area contributed by atoms with Gasteiger partial charge in [0.2, 0.25) is 10.0 Å². The van der Waals surface area contributed by atoms with Crippen molar-refractivity contribution in [3.05, 3.63) is 17.0 Å². The van der Waals surface area contributed by atoms with Crippen molar-refractivity contribution in [2.45, 2.75) is 30.0 Å². The van der Waals surface area contributed by atoms with Crippen LogP contribution < -0.4 is 4.72 Å². The molecule has 1 aromatic rings. The van der Waals surface area contributed by atoms with E-state index in [1.54, 1.807) is 6.07 Å². The van der Waals surface area contributed by atoms with Gasteiger partial charge in [0.15, 0.2) is 0 Å². The molecule has 1 fully saturated rings. The van der Waals surface area contributed by atoms with E-state index in [1.165, 1.54) is 6.07 Å². The van der Waals surface area contributed by atoms with Gasteiger partial charge in [-0.15, -0.1) is 11.3 Å². The van der Waals surface area contributed by atoms with Crippen LogP contribution in [-0.4, -0.2) is 25.5 Å². The molecule has 0 aliphatic heterocycles. The number of hydrogen-bond acceptors (Lipinski definition) is 4. The Morgan fingerprint density at radius 1 is 1.59 bits per heavy atom. The highest BCUT2D eigenvalue weighted by atomic mass is 32.2. The zero-order valence-corrected chi connectivity index (χ0v) is 10.8. The van der Waals surface area contributed by atoms with Crippen LogP contribution in [0.1, 0.15) is 18.2 Å². The summed E-state index contributed by atoms with van der Waals surface area (Å²) in [5.74, 6) is -0.567. The fourth-order valence-electron chi connectivity index (χ4n) is 1.49. The summed E-state index contributed by atoms with van der Waals surface area (Å²) in [7, 11) is -3.47. The Labute approximate surface area is 104 Å². The number of rotatable bonds is 5. The van der Waals surface area contributed by atoms with Crippen molar-refractivity contribution < 1.29 is 18.3 Å². The van der Waals surface area contributed by atoms with Gasteiger partial charge in [-0.3, -0.25) is 4.79 Å². The molecule has 1 aliphatic carbocycles. The lowest BCUT2D eigenvalue weighted by Gasteiger charge is -2.02. The van der Waals surface area contributed by atoms with Gasteiger partial charge in [0, 0.05) is 10.9 Å². The highest BCUT2D eigenvalue weighted by Crippen LogP contribution is 2.31. The van der Waals surface area contributed by atoms with Crippen LogP contribution in [0.25, 0.3) is 0 Å². The Morgan fingerprint density at radius 2 is 2.24 bits per heavy atom. The van der Waals surface area contributed by atoms with Gasteiger partial charge < -0.3 is 5.11 Å². The molecule has 0 radical (unpaired) electrons. The highest BCUT2D eigenvalue weighted by Gasteiger charge is 2.36. The van der Waals surface area contributed by atoms with Crippen molar-refractivity contribution in [2.75, 3.05) is 0 Å². The number of hydrogen-bond donors (Lipinski definition) is 2. The third-order valence-electron chi connectivity index (χ3n) is 2.64. The van der Waals surface area contributed by atoms with Crippen molar-refractivity contribution in [2.24, 2.45) is 5.92 Å². The molecular formula is C10H13NO4S2. The molecule has 17 heavy (non-hydrogen) atoms. The monoisotopic (exact) mass is 275 g/mol. The molecule has 0 saturated heterocycles. The first kappa shape index (κ1) is 12.5. The topological polar surface area (TPSA) is 83.5 Å². The first-order valence-electron chi connectivity index (χ1n) is 5.21. The van der Waals surface area contributed by atoms with Crippen molar-refractivity contribution >= 4 is 27.3 Å². The molecule has 1 aromatic heterocycles. The molecule has 2 rings (SSSR count). The Bertz CT molecular complexity index is 534. The molecule has 0 bridgehead atoms. The molecule has 0 aromatic carbocycles. The second-order valence-electron chi connectivity index (χ2n) is 4.23. The van der Waals surface area contributed by atoms with Gasteiger partial charge in [-0.2, -0.15) is 0 Å². The Morgan fingerprint density at radius 3 is 2.76 bits per heavy atom. The number of thiophene rings is 1. The molecule has 1 heterocycles. The molecule has 1 saturated carbocycles. The first-order chi connectivity index (χ1) is 7.88. The van der Waals surface area contributed by atoms with Crippen LogP contribution in [0.15, 0.2) is 16.3 Å². The molecule has 0 amide bonds. The van der Waals surface area contributed by atoms with Crippen LogP contribution in [0.4, 0.5) is 0 Å². The fourth-order valence-corrected chi connectivity index (χ4v) is 4.21. The lowest BCUT2D eigenvalue weighted by molar-refractivity contribution is -0.136. The van der Waals surface area contributed by atoms with Gasteiger partial charge >= 0.3 is 5.97 Å². The number of carboxylic acid groups (broad SMARTS) is 1. The van der Waals surface area contributed by atoms with E-state index in [9.17, 15) is 13.2 Å². The standard InChI is InChI=1S/C10H13NO4S2/c1-6-4-8(6)11-17(14,15)10-3-2-7(16-10)5-9(12)13/h2-3,6,8,11H,4-5H2,1H3,(H,12,13). The van der Waals surface area contributed by atoms with Gasteiger partial charge in [-0.1, -0.05) is 6.92 Å². The van der Waals surface area contributed by atoms with Gasteiger partial charge in [-0.25, -0.2) is 13.1 Å². The maximum absolute atomic E-state index is 11.9. The van der Waals surface area contributed by atoms with Gasteiger partial charge in [0.25, 0.3) is 0 Å². The number of carbonyl (C=O) groups is 1. The smallest absolute Gasteiger partial charge is 0.308 e. The third kappa shape index (κ3) is 3.05. The Kier molecular flexibility index (Phi) is 3.24. The van der Waals surface area contributed by atoms with E-state index >= 15 is 0 Å². The first-order valence-corrected chi connectivity index (χ1v) is 7.51. The van der Waals surface area contributed by atoms with Gasteiger partial charge in [-0.05, 0) is 24.5 Å². The minimum atomic E-state index is -3.47.